The second kappa shape index (κ2) is 12.8. The number of carbonyl (C=O) groups is 1. The number of halogens is 4. The van der Waals surface area contributed by atoms with Crippen molar-refractivity contribution in [3.05, 3.63) is 118 Å². The van der Waals surface area contributed by atoms with Crippen LogP contribution in [0, 0.1) is 5.82 Å². The molecule has 1 amide bonds. The summed E-state index contributed by atoms with van der Waals surface area (Å²) in [6.45, 7) is 1.63. The van der Waals surface area contributed by atoms with Gasteiger partial charge < -0.3 is 14.8 Å². The first-order valence-electron chi connectivity index (χ1n) is 13.3. The Kier molecular flexibility index (Phi) is 8.70. The first kappa shape index (κ1) is 30.0. The molecule has 44 heavy (non-hydrogen) atoms. The highest BCUT2D eigenvalue weighted by molar-refractivity contribution is 5.92. The Morgan fingerprint density at radius 2 is 1.75 bits per heavy atom. The van der Waals surface area contributed by atoms with E-state index < -0.39 is 29.0 Å². The van der Waals surface area contributed by atoms with E-state index in [1.54, 1.807) is 43.3 Å². The summed E-state index contributed by atoms with van der Waals surface area (Å²) in [4.78, 5) is 30.2. The van der Waals surface area contributed by atoms with Gasteiger partial charge in [-0.05, 0) is 73.2 Å². The highest BCUT2D eigenvalue weighted by Crippen LogP contribution is 2.32. The number of benzene rings is 4. The molecule has 5 aromatic rings. The number of para-hydroxylation sites is 1. The summed E-state index contributed by atoms with van der Waals surface area (Å²) in [5.41, 5.74) is -0.380. The number of hydrogen-bond acceptors (Lipinski definition) is 6. The van der Waals surface area contributed by atoms with Gasteiger partial charge in [-0.25, -0.2) is 9.37 Å². The number of aromatic nitrogens is 2. The van der Waals surface area contributed by atoms with Gasteiger partial charge >= 0.3 is 6.18 Å². The normalized spacial score (nSPS) is 11.6. The molecule has 0 fully saturated rings. The molecule has 0 aliphatic heterocycles. The molecule has 0 aliphatic carbocycles. The average Bonchev–Trinajstić information content (AvgIpc) is 3.00. The fourth-order valence-corrected chi connectivity index (χ4v) is 4.28. The summed E-state index contributed by atoms with van der Waals surface area (Å²) in [5, 5.41) is 7.07. The highest BCUT2D eigenvalue weighted by Gasteiger charge is 2.31. The zero-order valence-electron chi connectivity index (χ0n) is 23.1. The number of alkyl halides is 3. The molecule has 4 aromatic carbocycles. The van der Waals surface area contributed by atoms with Crippen LogP contribution in [0.25, 0.3) is 22.3 Å². The van der Waals surface area contributed by atoms with Crippen molar-refractivity contribution >= 4 is 28.7 Å². The Hall–Kier alpha value is -5.52. The smallest absolute Gasteiger partial charge is 0.416 e. The Labute approximate surface area is 248 Å². The van der Waals surface area contributed by atoms with Crippen LogP contribution in [0.5, 0.6) is 11.5 Å². The van der Waals surface area contributed by atoms with Crippen molar-refractivity contribution in [2.75, 3.05) is 18.5 Å². The third kappa shape index (κ3) is 6.92. The Bertz CT molecular complexity index is 1920. The highest BCUT2D eigenvalue weighted by atomic mass is 19.4. The molecule has 0 spiro atoms. The fourth-order valence-electron chi connectivity index (χ4n) is 4.28. The summed E-state index contributed by atoms with van der Waals surface area (Å²) in [7, 11) is 0. The number of nitrogens with zero attached hydrogens (tertiary/aromatic N) is 3. The minimum absolute atomic E-state index is 0.0510. The van der Waals surface area contributed by atoms with E-state index in [0.717, 1.165) is 16.8 Å². The molecule has 0 saturated carbocycles. The van der Waals surface area contributed by atoms with Crippen molar-refractivity contribution in [1.82, 2.24) is 9.66 Å². The van der Waals surface area contributed by atoms with Crippen LogP contribution in [0.2, 0.25) is 0 Å². The minimum Gasteiger partial charge on any atom is -0.490 e. The topological polar surface area (TPSA) is 94.8 Å². The van der Waals surface area contributed by atoms with Gasteiger partial charge in [0.15, 0.2) is 23.9 Å². The standard InChI is InChI=1S/C32H24F4N4O4/c1-2-43-28-15-20(13-14-27(28)44-19-29(41)38-24-10-6-9-23(33)17-24)18-37-40-30(21-7-5-8-22(16-21)32(34,35)36)39-26-12-4-3-11-25(26)31(40)42/h3-18H,2,19H2,1H3,(H,38,41). The van der Waals surface area contributed by atoms with Gasteiger partial charge in [0, 0.05) is 11.3 Å². The largest absolute Gasteiger partial charge is 0.490 e. The molecule has 8 nitrogen and oxygen atoms in total. The van der Waals surface area contributed by atoms with Gasteiger partial charge in [0.1, 0.15) is 5.82 Å². The Morgan fingerprint density at radius 1 is 0.955 bits per heavy atom. The zero-order valence-corrected chi connectivity index (χ0v) is 23.1. The SMILES string of the molecule is CCOc1cc(C=Nn2c(-c3cccc(C(F)(F)F)c3)nc3ccccc3c2=O)ccc1OCC(=O)Nc1cccc(F)c1. The van der Waals surface area contributed by atoms with Crippen LogP contribution >= 0.6 is 0 Å². The fraction of sp³-hybridized carbons (Fsp3) is 0.125. The van der Waals surface area contributed by atoms with Crippen LogP contribution < -0.4 is 20.3 Å². The summed E-state index contributed by atoms with van der Waals surface area (Å²) in [6.07, 6.45) is -3.27. The molecule has 0 saturated heterocycles. The first-order chi connectivity index (χ1) is 21.1. The van der Waals surface area contributed by atoms with Gasteiger partial charge in [-0.15, -0.1) is 0 Å². The van der Waals surface area contributed by atoms with Gasteiger partial charge in [0.05, 0.1) is 29.3 Å². The van der Waals surface area contributed by atoms with E-state index in [1.807, 2.05) is 0 Å². The van der Waals surface area contributed by atoms with Gasteiger partial charge in [0.2, 0.25) is 0 Å². The molecule has 0 unspecified atom stereocenters. The number of rotatable bonds is 9. The molecule has 1 N–H and O–H groups in total. The second-order valence-corrected chi connectivity index (χ2v) is 9.38. The van der Waals surface area contributed by atoms with Crippen molar-refractivity contribution in [2.24, 2.45) is 5.10 Å². The van der Waals surface area contributed by atoms with Gasteiger partial charge in [0.25, 0.3) is 11.5 Å². The predicted molar refractivity (Wildman–Crippen MR) is 158 cm³/mol. The maximum absolute atomic E-state index is 13.5. The monoisotopic (exact) mass is 604 g/mol. The number of amides is 1. The van der Waals surface area contributed by atoms with Crippen LogP contribution in [0.15, 0.2) is 101 Å². The summed E-state index contributed by atoms with van der Waals surface area (Å²) in [5.74, 6) is -0.577. The van der Waals surface area contributed by atoms with Crippen molar-refractivity contribution in [1.29, 1.82) is 0 Å². The predicted octanol–water partition coefficient (Wildman–Crippen LogP) is 6.52. The number of anilines is 1. The van der Waals surface area contributed by atoms with E-state index in [4.69, 9.17) is 9.47 Å². The number of hydrogen-bond donors (Lipinski definition) is 1. The summed E-state index contributed by atoms with van der Waals surface area (Å²) in [6, 6.07) is 21.1. The van der Waals surface area contributed by atoms with E-state index in [9.17, 15) is 27.2 Å². The minimum atomic E-state index is -4.60. The van der Waals surface area contributed by atoms with Crippen LogP contribution in [0.4, 0.5) is 23.2 Å². The summed E-state index contributed by atoms with van der Waals surface area (Å²) >= 11 is 0. The molecule has 0 bridgehead atoms. The van der Waals surface area contributed by atoms with E-state index in [1.165, 1.54) is 48.7 Å². The number of carbonyl (C=O) groups excluding carboxylic acids is 1. The van der Waals surface area contributed by atoms with E-state index in [0.29, 0.717) is 11.1 Å². The van der Waals surface area contributed by atoms with Crippen LogP contribution in [-0.4, -0.2) is 35.0 Å². The third-order valence-corrected chi connectivity index (χ3v) is 6.26. The average molecular weight is 605 g/mol. The molecule has 12 heteroatoms. The van der Waals surface area contributed by atoms with Gasteiger partial charge in [-0.1, -0.05) is 30.3 Å². The second-order valence-electron chi connectivity index (χ2n) is 9.38. The number of fused-ring (bicyclic) bond motifs is 1. The quantitative estimate of drug-likeness (QED) is 0.153. The van der Waals surface area contributed by atoms with Gasteiger partial charge in [-0.2, -0.15) is 22.9 Å². The Morgan fingerprint density at radius 3 is 2.52 bits per heavy atom. The molecule has 224 valence electrons. The number of ether oxygens (including phenoxy) is 2. The maximum atomic E-state index is 13.5. The molecular weight excluding hydrogens is 580 g/mol. The van der Waals surface area contributed by atoms with E-state index >= 15 is 0 Å². The lowest BCUT2D eigenvalue weighted by Crippen LogP contribution is -2.20. The molecule has 1 aromatic heterocycles. The lowest BCUT2D eigenvalue weighted by atomic mass is 10.1. The molecule has 0 aliphatic rings. The molecule has 5 rings (SSSR count). The van der Waals surface area contributed by atoms with Crippen molar-refractivity contribution in [3.8, 4) is 22.9 Å². The third-order valence-electron chi connectivity index (χ3n) is 6.26. The molecular formula is C32H24F4N4O4. The van der Waals surface area contributed by atoms with E-state index in [2.05, 4.69) is 15.4 Å². The van der Waals surface area contributed by atoms with Crippen LogP contribution in [0.1, 0.15) is 18.1 Å². The lowest BCUT2D eigenvalue weighted by Gasteiger charge is -2.13. The maximum Gasteiger partial charge on any atom is 0.416 e. The van der Waals surface area contributed by atoms with Crippen LogP contribution in [-0.2, 0) is 11.0 Å². The molecule has 1 heterocycles. The van der Waals surface area contributed by atoms with Crippen molar-refractivity contribution < 1.29 is 31.8 Å². The number of nitrogens with one attached hydrogen (secondary N) is 1. The van der Waals surface area contributed by atoms with E-state index in [-0.39, 0.29) is 47.2 Å². The van der Waals surface area contributed by atoms with Gasteiger partial charge in [-0.3, -0.25) is 9.59 Å². The zero-order chi connectivity index (χ0) is 31.3. The summed E-state index contributed by atoms with van der Waals surface area (Å²) < 4.78 is 66.0. The molecule has 0 radical (unpaired) electrons. The van der Waals surface area contributed by atoms with Crippen molar-refractivity contribution in [2.45, 2.75) is 13.1 Å². The Balaban J connectivity index is 1.45. The first-order valence-corrected chi connectivity index (χ1v) is 13.3. The van der Waals surface area contributed by atoms with Crippen LogP contribution in [0.3, 0.4) is 0 Å². The lowest BCUT2D eigenvalue weighted by molar-refractivity contribution is -0.137. The van der Waals surface area contributed by atoms with Crippen molar-refractivity contribution in [3.63, 3.8) is 0 Å². The molecule has 0 atom stereocenters.